The SMILES string of the molecule is Cc1ccc(CN2CCc3c(cc(C(=O)NCCN4CCN(C)CC4)n3C)C2)cc1. The summed E-state index contributed by atoms with van der Waals surface area (Å²) in [6.45, 7) is 11.0. The molecule has 1 amide bonds. The molecule has 6 nitrogen and oxygen atoms in total. The average molecular weight is 410 g/mol. The van der Waals surface area contributed by atoms with E-state index in [1.807, 2.05) is 7.05 Å². The van der Waals surface area contributed by atoms with E-state index in [9.17, 15) is 4.79 Å². The Morgan fingerprint density at radius 2 is 1.73 bits per heavy atom. The Morgan fingerprint density at radius 1 is 1.00 bits per heavy atom. The van der Waals surface area contributed by atoms with E-state index in [0.29, 0.717) is 6.54 Å². The fraction of sp³-hybridized carbons (Fsp3) is 0.542. The van der Waals surface area contributed by atoms with Crippen LogP contribution in [0.4, 0.5) is 0 Å². The van der Waals surface area contributed by atoms with E-state index in [1.165, 1.54) is 22.4 Å². The van der Waals surface area contributed by atoms with Gasteiger partial charge in [-0.2, -0.15) is 0 Å². The Labute approximate surface area is 180 Å². The topological polar surface area (TPSA) is 43.8 Å². The monoisotopic (exact) mass is 409 g/mol. The minimum absolute atomic E-state index is 0.0473. The molecule has 2 aliphatic rings. The van der Waals surface area contributed by atoms with Crippen LogP contribution >= 0.6 is 0 Å². The number of piperazine rings is 1. The van der Waals surface area contributed by atoms with E-state index in [4.69, 9.17) is 0 Å². The second-order valence-electron chi connectivity index (χ2n) is 8.91. The molecule has 1 aromatic heterocycles. The number of amides is 1. The lowest BCUT2D eigenvalue weighted by atomic mass is 10.1. The van der Waals surface area contributed by atoms with Crippen LogP contribution in [0.2, 0.25) is 0 Å². The standard InChI is InChI=1S/C24H35N5O/c1-19-4-6-20(7-5-19)17-29-10-8-22-21(18-29)16-23(27(22)3)24(30)25-9-11-28-14-12-26(2)13-15-28/h4-7,16H,8-15,17-18H2,1-3H3,(H,25,30). The highest BCUT2D eigenvalue weighted by Crippen LogP contribution is 2.24. The zero-order chi connectivity index (χ0) is 21.1. The molecule has 2 aromatic rings. The maximum Gasteiger partial charge on any atom is 0.267 e. The third-order valence-corrected chi connectivity index (χ3v) is 6.58. The minimum atomic E-state index is 0.0473. The molecule has 0 aliphatic carbocycles. The summed E-state index contributed by atoms with van der Waals surface area (Å²) in [5.41, 5.74) is 6.03. The highest BCUT2D eigenvalue weighted by molar-refractivity contribution is 5.93. The fourth-order valence-electron chi connectivity index (χ4n) is 4.55. The molecule has 0 radical (unpaired) electrons. The van der Waals surface area contributed by atoms with Crippen LogP contribution in [0, 0.1) is 6.92 Å². The molecule has 0 atom stereocenters. The van der Waals surface area contributed by atoms with E-state index >= 15 is 0 Å². The van der Waals surface area contributed by atoms with E-state index in [-0.39, 0.29) is 5.91 Å². The molecule has 162 valence electrons. The van der Waals surface area contributed by atoms with Crippen molar-refractivity contribution >= 4 is 5.91 Å². The Balaban J connectivity index is 1.32. The van der Waals surface area contributed by atoms with Crippen LogP contribution in [-0.2, 0) is 26.6 Å². The van der Waals surface area contributed by atoms with Gasteiger partial charge in [0.05, 0.1) is 0 Å². The molecule has 0 bridgehead atoms. The van der Waals surface area contributed by atoms with Gasteiger partial charge in [0.25, 0.3) is 5.91 Å². The third-order valence-electron chi connectivity index (χ3n) is 6.58. The van der Waals surface area contributed by atoms with Gasteiger partial charge in [-0.15, -0.1) is 0 Å². The fourth-order valence-corrected chi connectivity index (χ4v) is 4.55. The van der Waals surface area contributed by atoms with Gasteiger partial charge in [0.1, 0.15) is 5.69 Å². The molecule has 0 unspecified atom stereocenters. The summed E-state index contributed by atoms with van der Waals surface area (Å²) < 4.78 is 2.10. The van der Waals surface area contributed by atoms with Crippen molar-refractivity contribution in [1.29, 1.82) is 0 Å². The molecule has 0 spiro atoms. The Hall–Kier alpha value is -2.15. The molecule has 1 N–H and O–H groups in total. The summed E-state index contributed by atoms with van der Waals surface area (Å²) >= 11 is 0. The molecular formula is C24H35N5O. The lowest BCUT2D eigenvalue weighted by Crippen LogP contribution is -2.47. The summed E-state index contributed by atoms with van der Waals surface area (Å²) in [6.07, 6.45) is 0.992. The third kappa shape index (κ3) is 4.94. The van der Waals surface area contributed by atoms with Gasteiger partial charge < -0.3 is 14.8 Å². The van der Waals surface area contributed by atoms with Gasteiger partial charge in [-0.25, -0.2) is 0 Å². The first-order valence-electron chi connectivity index (χ1n) is 11.1. The van der Waals surface area contributed by atoms with E-state index in [0.717, 1.165) is 64.5 Å². The highest BCUT2D eigenvalue weighted by Gasteiger charge is 2.23. The van der Waals surface area contributed by atoms with E-state index in [1.54, 1.807) is 0 Å². The van der Waals surface area contributed by atoms with Gasteiger partial charge in [0.2, 0.25) is 0 Å². The Morgan fingerprint density at radius 3 is 2.47 bits per heavy atom. The van der Waals surface area contributed by atoms with Crippen molar-refractivity contribution in [3.8, 4) is 0 Å². The van der Waals surface area contributed by atoms with Crippen LogP contribution in [0.25, 0.3) is 0 Å². The Kier molecular flexibility index (Phi) is 6.56. The smallest absolute Gasteiger partial charge is 0.267 e. The molecule has 1 aromatic carbocycles. The molecule has 2 aliphatic heterocycles. The predicted molar refractivity (Wildman–Crippen MR) is 121 cm³/mol. The normalized spacial score (nSPS) is 18.4. The molecule has 4 rings (SSSR count). The number of hydrogen-bond donors (Lipinski definition) is 1. The van der Waals surface area contributed by atoms with Gasteiger partial charge in [-0.3, -0.25) is 14.6 Å². The molecular weight excluding hydrogens is 374 g/mol. The number of aryl methyl sites for hydroxylation is 1. The summed E-state index contributed by atoms with van der Waals surface area (Å²) in [4.78, 5) is 20.1. The molecule has 30 heavy (non-hydrogen) atoms. The highest BCUT2D eigenvalue weighted by atomic mass is 16.1. The molecule has 6 heteroatoms. The van der Waals surface area contributed by atoms with Gasteiger partial charge in [-0.05, 0) is 31.2 Å². The molecule has 0 saturated carbocycles. The van der Waals surface area contributed by atoms with Crippen molar-refractivity contribution in [1.82, 2.24) is 24.6 Å². The number of likely N-dealkylation sites (N-methyl/N-ethyl adjacent to an activating group) is 1. The molecule has 3 heterocycles. The van der Waals surface area contributed by atoms with Crippen molar-refractivity contribution in [2.75, 3.05) is 52.9 Å². The van der Waals surface area contributed by atoms with Crippen LogP contribution in [0.15, 0.2) is 30.3 Å². The van der Waals surface area contributed by atoms with Crippen LogP contribution in [0.1, 0.15) is 32.9 Å². The zero-order valence-corrected chi connectivity index (χ0v) is 18.7. The predicted octanol–water partition coefficient (Wildman–Crippen LogP) is 1.87. The first-order chi connectivity index (χ1) is 14.5. The summed E-state index contributed by atoms with van der Waals surface area (Å²) in [5.74, 6) is 0.0473. The minimum Gasteiger partial charge on any atom is -0.349 e. The number of carbonyl (C=O) groups excluding carboxylic acids is 1. The van der Waals surface area contributed by atoms with Gasteiger partial charge in [0.15, 0.2) is 0 Å². The van der Waals surface area contributed by atoms with Crippen molar-refractivity contribution in [3.63, 3.8) is 0 Å². The number of rotatable bonds is 6. The average Bonchev–Trinajstić information content (AvgIpc) is 3.07. The first-order valence-corrected chi connectivity index (χ1v) is 11.1. The van der Waals surface area contributed by atoms with Crippen LogP contribution in [0.3, 0.4) is 0 Å². The number of hydrogen-bond acceptors (Lipinski definition) is 4. The number of carbonyl (C=O) groups is 1. The van der Waals surface area contributed by atoms with E-state index < -0.39 is 0 Å². The maximum absolute atomic E-state index is 12.8. The van der Waals surface area contributed by atoms with E-state index in [2.05, 4.69) is 68.9 Å². The number of nitrogens with one attached hydrogen (secondary N) is 1. The summed E-state index contributed by atoms with van der Waals surface area (Å²) in [5, 5.41) is 3.14. The Bertz CT molecular complexity index is 864. The van der Waals surface area contributed by atoms with Crippen molar-refractivity contribution < 1.29 is 4.79 Å². The largest absolute Gasteiger partial charge is 0.349 e. The summed E-state index contributed by atoms with van der Waals surface area (Å²) in [6, 6.07) is 10.9. The van der Waals surface area contributed by atoms with Gasteiger partial charge in [-0.1, -0.05) is 29.8 Å². The number of fused-ring (bicyclic) bond motifs is 1. The second-order valence-corrected chi connectivity index (χ2v) is 8.91. The number of benzene rings is 1. The van der Waals surface area contributed by atoms with Crippen LogP contribution in [0.5, 0.6) is 0 Å². The molecule has 1 fully saturated rings. The van der Waals surface area contributed by atoms with Crippen molar-refractivity contribution in [3.05, 3.63) is 58.4 Å². The lowest BCUT2D eigenvalue weighted by molar-refractivity contribution is 0.0932. The second kappa shape index (κ2) is 9.33. The van der Waals surface area contributed by atoms with Crippen molar-refractivity contribution in [2.45, 2.75) is 26.4 Å². The lowest BCUT2D eigenvalue weighted by Gasteiger charge is -2.32. The van der Waals surface area contributed by atoms with Crippen LogP contribution < -0.4 is 5.32 Å². The maximum atomic E-state index is 12.8. The number of nitrogens with zero attached hydrogens (tertiary/aromatic N) is 4. The number of aromatic nitrogens is 1. The van der Waals surface area contributed by atoms with Gasteiger partial charge in [0, 0.05) is 78.1 Å². The quantitative estimate of drug-likeness (QED) is 0.791. The van der Waals surface area contributed by atoms with Gasteiger partial charge >= 0.3 is 0 Å². The zero-order valence-electron chi connectivity index (χ0n) is 18.7. The first kappa shape index (κ1) is 21.1. The molecule has 1 saturated heterocycles. The van der Waals surface area contributed by atoms with Crippen molar-refractivity contribution in [2.24, 2.45) is 7.05 Å². The summed E-state index contributed by atoms with van der Waals surface area (Å²) in [7, 11) is 4.20. The van der Waals surface area contributed by atoms with Crippen LogP contribution in [-0.4, -0.2) is 78.0 Å².